The minimum absolute atomic E-state index is 0.192. The summed E-state index contributed by atoms with van der Waals surface area (Å²) in [6.45, 7) is 2.19. The molecule has 0 aliphatic carbocycles. The highest BCUT2D eigenvalue weighted by atomic mass is 32.2. The number of nitrogens with zero attached hydrogens (tertiary/aromatic N) is 4. The summed E-state index contributed by atoms with van der Waals surface area (Å²) in [5.74, 6) is 0.718. The Bertz CT molecular complexity index is 708. The van der Waals surface area contributed by atoms with Crippen LogP contribution in [0.3, 0.4) is 0 Å². The molecule has 0 amide bonds. The van der Waals surface area contributed by atoms with E-state index in [2.05, 4.69) is 9.97 Å². The summed E-state index contributed by atoms with van der Waals surface area (Å²) in [4.78, 5) is 11.2. The van der Waals surface area contributed by atoms with E-state index < -0.39 is 10.0 Å². The number of rotatable bonds is 5. The highest BCUT2D eigenvalue weighted by Crippen LogP contribution is 2.20. The van der Waals surface area contributed by atoms with E-state index in [1.54, 1.807) is 24.7 Å². The summed E-state index contributed by atoms with van der Waals surface area (Å²) in [6, 6.07) is 3.27. The third-order valence-electron chi connectivity index (χ3n) is 3.10. The predicted octanol–water partition coefficient (Wildman–Crippen LogP) is 1.73. The fourth-order valence-corrected chi connectivity index (χ4v) is 3.73. The molecule has 2 rings (SSSR count). The number of sulfonamides is 1. The molecule has 0 bridgehead atoms. The maximum atomic E-state index is 12.5. The van der Waals surface area contributed by atoms with Gasteiger partial charge in [0.15, 0.2) is 0 Å². The molecule has 8 heteroatoms. The lowest BCUT2D eigenvalue weighted by Crippen LogP contribution is -2.26. The van der Waals surface area contributed by atoms with Crippen molar-refractivity contribution in [1.29, 1.82) is 0 Å². The first-order chi connectivity index (χ1) is 9.82. The van der Waals surface area contributed by atoms with Gasteiger partial charge in [0.1, 0.15) is 10.7 Å². The summed E-state index contributed by atoms with van der Waals surface area (Å²) in [5, 5.41) is 0. The average Bonchev–Trinajstić information content (AvgIpc) is 2.84. The Hall–Kier alpha value is -1.51. The molecule has 0 fully saturated rings. The van der Waals surface area contributed by atoms with Gasteiger partial charge < -0.3 is 4.90 Å². The zero-order valence-electron chi connectivity index (χ0n) is 12.4. The number of thiazole rings is 1. The van der Waals surface area contributed by atoms with E-state index in [-0.39, 0.29) is 4.90 Å². The molecule has 114 valence electrons. The third kappa shape index (κ3) is 3.39. The molecule has 0 radical (unpaired) electrons. The number of pyridine rings is 1. The van der Waals surface area contributed by atoms with Crippen LogP contribution >= 0.6 is 11.3 Å². The molecule has 0 spiro atoms. The standard InChI is InChI=1S/C13H18N4O2S2/c1-10-12(20-9-15-10)8-17(4)21(18,19)11-5-6-13(14-7-11)16(2)3/h5-7,9H,8H2,1-4H3. The first kappa shape index (κ1) is 15.9. The van der Waals surface area contributed by atoms with Crippen LogP contribution in [0.5, 0.6) is 0 Å². The molecule has 0 aliphatic heterocycles. The van der Waals surface area contributed by atoms with Crippen LogP contribution in [-0.2, 0) is 16.6 Å². The second-order valence-electron chi connectivity index (χ2n) is 4.87. The first-order valence-electron chi connectivity index (χ1n) is 6.31. The molecule has 6 nitrogen and oxygen atoms in total. The lowest BCUT2D eigenvalue weighted by Gasteiger charge is -2.17. The van der Waals surface area contributed by atoms with Gasteiger partial charge >= 0.3 is 0 Å². The molecule has 0 saturated carbocycles. The zero-order chi connectivity index (χ0) is 15.6. The predicted molar refractivity (Wildman–Crippen MR) is 84.1 cm³/mol. The van der Waals surface area contributed by atoms with Gasteiger partial charge in [-0.3, -0.25) is 0 Å². The van der Waals surface area contributed by atoms with Gasteiger partial charge in [0, 0.05) is 38.8 Å². The number of aryl methyl sites for hydroxylation is 1. The summed E-state index contributed by atoms with van der Waals surface area (Å²) in [7, 11) is 1.73. The maximum Gasteiger partial charge on any atom is 0.244 e. The van der Waals surface area contributed by atoms with E-state index in [9.17, 15) is 8.42 Å². The molecular formula is C13H18N4O2S2. The highest BCUT2D eigenvalue weighted by Gasteiger charge is 2.22. The van der Waals surface area contributed by atoms with Crippen molar-refractivity contribution in [3.8, 4) is 0 Å². The van der Waals surface area contributed by atoms with Crippen LogP contribution in [0.15, 0.2) is 28.7 Å². The van der Waals surface area contributed by atoms with Gasteiger partial charge in [-0.05, 0) is 19.1 Å². The smallest absolute Gasteiger partial charge is 0.244 e. The fraction of sp³-hybridized carbons (Fsp3) is 0.385. The SMILES string of the molecule is Cc1ncsc1CN(C)S(=O)(=O)c1ccc(N(C)C)nc1. The van der Waals surface area contributed by atoms with Gasteiger partial charge in [0.05, 0.1) is 11.2 Å². The Labute approximate surface area is 129 Å². The molecule has 2 aromatic rings. The quantitative estimate of drug-likeness (QED) is 0.837. The summed E-state index contributed by atoms with van der Waals surface area (Å²) < 4.78 is 26.3. The summed E-state index contributed by atoms with van der Waals surface area (Å²) in [6.07, 6.45) is 1.39. The first-order valence-corrected chi connectivity index (χ1v) is 8.63. The Balaban J connectivity index is 2.22. The molecule has 21 heavy (non-hydrogen) atoms. The van der Waals surface area contributed by atoms with Crippen molar-refractivity contribution in [2.75, 3.05) is 26.0 Å². The number of hydrogen-bond donors (Lipinski definition) is 0. The van der Waals surface area contributed by atoms with Gasteiger partial charge in [-0.2, -0.15) is 4.31 Å². The third-order valence-corrected chi connectivity index (χ3v) is 5.81. The average molecular weight is 326 g/mol. The lowest BCUT2D eigenvalue weighted by molar-refractivity contribution is 0.468. The van der Waals surface area contributed by atoms with Crippen molar-refractivity contribution < 1.29 is 8.42 Å². The summed E-state index contributed by atoms with van der Waals surface area (Å²) >= 11 is 1.46. The van der Waals surface area contributed by atoms with Crippen LogP contribution in [0, 0.1) is 6.92 Å². The van der Waals surface area contributed by atoms with E-state index in [1.165, 1.54) is 21.8 Å². The van der Waals surface area contributed by atoms with E-state index in [1.807, 2.05) is 25.9 Å². The van der Waals surface area contributed by atoms with Crippen LogP contribution in [0.2, 0.25) is 0 Å². The van der Waals surface area contributed by atoms with Crippen LogP contribution in [0.25, 0.3) is 0 Å². The lowest BCUT2D eigenvalue weighted by atomic mass is 10.4. The normalized spacial score (nSPS) is 11.9. The second kappa shape index (κ2) is 6.08. The minimum atomic E-state index is -3.54. The molecule has 0 saturated heterocycles. The van der Waals surface area contributed by atoms with E-state index >= 15 is 0 Å². The summed E-state index contributed by atoms with van der Waals surface area (Å²) in [5.41, 5.74) is 2.58. The Kier molecular flexibility index (Phi) is 4.60. The topological polar surface area (TPSA) is 66.4 Å². The van der Waals surface area contributed by atoms with Crippen molar-refractivity contribution in [3.05, 3.63) is 34.4 Å². The largest absolute Gasteiger partial charge is 0.363 e. The number of anilines is 1. The molecule has 0 N–H and O–H groups in total. The Morgan fingerprint density at radius 1 is 1.19 bits per heavy atom. The fourth-order valence-electron chi connectivity index (χ4n) is 1.73. The monoisotopic (exact) mass is 326 g/mol. The van der Waals surface area contributed by atoms with Gasteiger partial charge in [-0.15, -0.1) is 11.3 Å². The second-order valence-corrected chi connectivity index (χ2v) is 7.85. The Morgan fingerprint density at radius 3 is 2.38 bits per heavy atom. The van der Waals surface area contributed by atoms with Gasteiger partial charge in [0.25, 0.3) is 0 Å². The van der Waals surface area contributed by atoms with E-state index in [4.69, 9.17) is 0 Å². The van der Waals surface area contributed by atoms with Crippen molar-refractivity contribution in [2.45, 2.75) is 18.4 Å². The van der Waals surface area contributed by atoms with Crippen molar-refractivity contribution in [1.82, 2.24) is 14.3 Å². The molecule has 0 atom stereocenters. The van der Waals surface area contributed by atoms with Crippen molar-refractivity contribution in [2.24, 2.45) is 0 Å². The van der Waals surface area contributed by atoms with Crippen molar-refractivity contribution >= 4 is 27.2 Å². The minimum Gasteiger partial charge on any atom is -0.363 e. The number of hydrogen-bond acceptors (Lipinski definition) is 6. The molecule has 2 heterocycles. The molecule has 0 unspecified atom stereocenters. The maximum absolute atomic E-state index is 12.5. The highest BCUT2D eigenvalue weighted by molar-refractivity contribution is 7.89. The van der Waals surface area contributed by atoms with E-state index in [0.717, 1.165) is 16.4 Å². The van der Waals surface area contributed by atoms with Gasteiger partial charge in [-0.1, -0.05) is 0 Å². The molecule has 2 aromatic heterocycles. The van der Waals surface area contributed by atoms with Crippen LogP contribution in [0.1, 0.15) is 10.6 Å². The van der Waals surface area contributed by atoms with Crippen molar-refractivity contribution in [3.63, 3.8) is 0 Å². The Morgan fingerprint density at radius 2 is 1.90 bits per heavy atom. The number of aromatic nitrogens is 2. The van der Waals surface area contributed by atoms with Crippen LogP contribution < -0.4 is 4.90 Å². The molecular weight excluding hydrogens is 308 g/mol. The van der Waals surface area contributed by atoms with E-state index in [0.29, 0.717) is 6.54 Å². The van der Waals surface area contributed by atoms with Crippen LogP contribution in [-0.4, -0.2) is 43.8 Å². The van der Waals surface area contributed by atoms with Gasteiger partial charge in [0.2, 0.25) is 10.0 Å². The molecule has 0 aromatic carbocycles. The molecule has 0 aliphatic rings. The zero-order valence-corrected chi connectivity index (χ0v) is 14.1. The van der Waals surface area contributed by atoms with Crippen LogP contribution in [0.4, 0.5) is 5.82 Å². The van der Waals surface area contributed by atoms with Gasteiger partial charge in [-0.25, -0.2) is 18.4 Å².